The van der Waals surface area contributed by atoms with Crippen molar-refractivity contribution in [3.05, 3.63) is 30.3 Å². The van der Waals surface area contributed by atoms with Crippen molar-refractivity contribution in [2.45, 2.75) is 18.9 Å². The predicted molar refractivity (Wildman–Crippen MR) is 76.4 cm³/mol. The number of urea groups is 1. The van der Waals surface area contributed by atoms with Crippen molar-refractivity contribution in [3.8, 4) is 0 Å². The molecule has 0 bridgehead atoms. The predicted octanol–water partition coefficient (Wildman–Crippen LogP) is 2.02. The average molecular weight is 259 g/mol. The topological polar surface area (TPSA) is 26.8 Å². The Hall–Kier alpha value is -1.55. The number of likely N-dealkylation sites (tertiary alicyclic amines) is 1. The number of hydrogen-bond donors (Lipinski definition) is 0. The largest absolute Gasteiger partial charge is 0.324 e. The Morgan fingerprint density at radius 3 is 2.63 bits per heavy atom. The van der Waals surface area contributed by atoms with E-state index in [1.165, 1.54) is 6.42 Å². The summed E-state index contributed by atoms with van der Waals surface area (Å²) in [6.07, 6.45) is 2.33. The Labute approximate surface area is 114 Å². The van der Waals surface area contributed by atoms with Crippen molar-refractivity contribution in [2.75, 3.05) is 38.1 Å². The normalized spacial score (nSPS) is 25.1. The lowest BCUT2D eigenvalue weighted by Gasteiger charge is -2.35. The van der Waals surface area contributed by atoms with Gasteiger partial charge in [-0.3, -0.25) is 4.90 Å². The van der Waals surface area contributed by atoms with E-state index < -0.39 is 0 Å². The minimum absolute atomic E-state index is 0.173. The summed E-state index contributed by atoms with van der Waals surface area (Å²) in [4.78, 5) is 18.8. The van der Waals surface area contributed by atoms with Crippen LogP contribution in [0.25, 0.3) is 0 Å². The molecule has 0 aliphatic carbocycles. The highest BCUT2D eigenvalue weighted by Crippen LogP contribution is 2.24. The molecule has 19 heavy (non-hydrogen) atoms. The molecule has 4 heteroatoms. The lowest BCUT2D eigenvalue weighted by Crippen LogP contribution is -2.48. The van der Waals surface area contributed by atoms with Crippen LogP contribution in [0.1, 0.15) is 12.8 Å². The van der Waals surface area contributed by atoms with Gasteiger partial charge < -0.3 is 9.80 Å². The lowest BCUT2D eigenvalue weighted by atomic mass is 10.1. The molecule has 0 radical (unpaired) electrons. The zero-order valence-electron chi connectivity index (χ0n) is 11.5. The maximum atomic E-state index is 12.5. The fourth-order valence-corrected chi connectivity index (χ4v) is 3.13. The first kappa shape index (κ1) is 12.5. The van der Waals surface area contributed by atoms with Gasteiger partial charge in [-0.05, 0) is 38.6 Å². The Kier molecular flexibility index (Phi) is 3.42. The summed E-state index contributed by atoms with van der Waals surface area (Å²) in [6, 6.07) is 10.5. The molecule has 1 atom stereocenters. The molecular weight excluding hydrogens is 238 g/mol. The van der Waals surface area contributed by atoms with Gasteiger partial charge in [-0.2, -0.15) is 0 Å². The Balaban J connectivity index is 1.72. The van der Waals surface area contributed by atoms with Crippen molar-refractivity contribution < 1.29 is 4.79 Å². The van der Waals surface area contributed by atoms with Gasteiger partial charge in [0.2, 0.25) is 0 Å². The summed E-state index contributed by atoms with van der Waals surface area (Å²) in [5.41, 5.74) is 1.01. The van der Waals surface area contributed by atoms with Gasteiger partial charge in [-0.1, -0.05) is 18.2 Å². The smallest absolute Gasteiger partial charge is 0.318 e. The summed E-state index contributed by atoms with van der Waals surface area (Å²) in [7, 11) is 2.14. The zero-order valence-corrected chi connectivity index (χ0v) is 11.5. The number of anilines is 1. The molecule has 2 aliphatic rings. The number of rotatable bonds is 2. The van der Waals surface area contributed by atoms with Crippen LogP contribution in [-0.4, -0.2) is 55.1 Å². The van der Waals surface area contributed by atoms with Crippen LogP contribution < -0.4 is 4.90 Å². The van der Waals surface area contributed by atoms with Gasteiger partial charge in [-0.25, -0.2) is 4.79 Å². The van der Waals surface area contributed by atoms with E-state index in [-0.39, 0.29) is 6.03 Å². The molecule has 102 valence electrons. The van der Waals surface area contributed by atoms with E-state index in [1.807, 2.05) is 35.2 Å². The minimum Gasteiger partial charge on any atom is -0.318 e. The van der Waals surface area contributed by atoms with Gasteiger partial charge >= 0.3 is 6.03 Å². The highest BCUT2D eigenvalue weighted by atomic mass is 16.2. The summed E-state index contributed by atoms with van der Waals surface area (Å²) in [5, 5.41) is 0. The second kappa shape index (κ2) is 5.21. The minimum atomic E-state index is 0.173. The molecule has 0 unspecified atom stereocenters. The van der Waals surface area contributed by atoms with Crippen LogP contribution in [0.15, 0.2) is 30.3 Å². The summed E-state index contributed by atoms with van der Waals surface area (Å²) in [6.45, 7) is 3.82. The second-order valence-electron chi connectivity index (χ2n) is 5.52. The van der Waals surface area contributed by atoms with Crippen molar-refractivity contribution in [1.82, 2.24) is 9.80 Å². The van der Waals surface area contributed by atoms with Gasteiger partial charge in [0.05, 0.1) is 0 Å². The third-order valence-corrected chi connectivity index (χ3v) is 4.15. The first-order valence-corrected chi connectivity index (χ1v) is 7.07. The Morgan fingerprint density at radius 1 is 1.11 bits per heavy atom. The van der Waals surface area contributed by atoms with Crippen molar-refractivity contribution in [2.24, 2.45) is 0 Å². The van der Waals surface area contributed by atoms with Crippen LogP contribution in [0.2, 0.25) is 0 Å². The van der Waals surface area contributed by atoms with E-state index >= 15 is 0 Å². The van der Waals surface area contributed by atoms with Gasteiger partial charge in [0.15, 0.2) is 0 Å². The van der Waals surface area contributed by atoms with E-state index in [1.54, 1.807) is 0 Å². The zero-order chi connectivity index (χ0) is 13.2. The van der Waals surface area contributed by atoms with Gasteiger partial charge in [0, 0.05) is 31.4 Å². The molecule has 0 spiro atoms. The number of nitrogens with zero attached hydrogens (tertiary/aromatic N) is 3. The van der Waals surface area contributed by atoms with Gasteiger partial charge in [0.1, 0.15) is 0 Å². The monoisotopic (exact) mass is 259 g/mol. The molecular formula is C15H21N3O. The van der Waals surface area contributed by atoms with E-state index in [2.05, 4.69) is 16.8 Å². The number of para-hydroxylation sites is 1. The van der Waals surface area contributed by atoms with E-state index in [0.29, 0.717) is 6.04 Å². The lowest BCUT2D eigenvalue weighted by molar-refractivity contribution is 0.143. The first-order valence-electron chi connectivity index (χ1n) is 7.07. The molecule has 0 N–H and O–H groups in total. The summed E-state index contributed by atoms with van der Waals surface area (Å²) >= 11 is 0. The van der Waals surface area contributed by atoms with Crippen molar-refractivity contribution in [3.63, 3.8) is 0 Å². The highest BCUT2D eigenvalue weighted by molar-refractivity contribution is 5.94. The van der Waals surface area contributed by atoms with Crippen LogP contribution >= 0.6 is 0 Å². The quantitative estimate of drug-likeness (QED) is 0.812. The maximum Gasteiger partial charge on any atom is 0.324 e. The molecule has 0 aromatic heterocycles. The highest BCUT2D eigenvalue weighted by Gasteiger charge is 2.35. The maximum absolute atomic E-state index is 12.5. The molecule has 2 saturated heterocycles. The van der Waals surface area contributed by atoms with Crippen molar-refractivity contribution >= 4 is 11.7 Å². The number of amides is 2. The molecule has 2 aliphatic heterocycles. The average Bonchev–Trinajstić information content (AvgIpc) is 2.81. The van der Waals surface area contributed by atoms with Crippen LogP contribution in [0, 0.1) is 0 Å². The van der Waals surface area contributed by atoms with E-state index in [0.717, 1.165) is 38.3 Å². The summed E-state index contributed by atoms with van der Waals surface area (Å²) < 4.78 is 0. The standard InChI is InChI=1S/C15H21N3O/c1-16-9-5-8-14(12-16)18-11-10-17(15(18)19)13-6-3-2-4-7-13/h2-4,6-7,14H,5,8-12H2,1H3/t14-/m1/s1. The van der Waals surface area contributed by atoms with Gasteiger partial charge in [-0.15, -0.1) is 0 Å². The number of carbonyl (C=O) groups is 1. The fourth-order valence-electron chi connectivity index (χ4n) is 3.13. The Morgan fingerprint density at radius 2 is 1.89 bits per heavy atom. The van der Waals surface area contributed by atoms with E-state index in [4.69, 9.17) is 0 Å². The molecule has 0 saturated carbocycles. The second-order valence-corrected chi connectivity index (χ2v) is 5.52. The number of carbonyl (C=O) groups excluding carboxylic acids is 1. The van der Waals surface area contributed by atoms with Gasteiger partial charge in [0.25, 0.3) is 0 Å². The number of likely N-dealkylation sites (N-methyl/N-ethyl adjacent to an activating group) is 1. The molecule has 2 heterocycles. The molecule has 2 amide bonds. The molecule has 1 aromatic rings. The summed E-state index contributed by atoms with van der Waals surface area (Å²) in [5.74, 6) is 0. The number of piperidine rings is 1. The van der Waals surface area contributed by atoms with Crippen molar-refractivity contribution in [1.29, 1.82) is 0 Å². The first-order chi connectivity index (χ1) is 9.25. The third kappa shape index (κ3) is 2.45. The Bertz CT molecular complexity index is 448. The molecule has 4 nitrogen and oxygen atoms in total. The SMILES string of the molecule is CN1CCC[C@@H](N2CCN(c3ccccc3)C2=O)C1. The van der Waals surface area contributed by atoms with Crippen LogP contribution in [0.5, 0.6) is 0 Å². The molecule has 3 rings (SSSR count). The molecule has 1 aromatic carbocycles. The van der Waals surface area contributed by atoms with E-state index in [9.17, 15) is 4.79 Å². The number of benzene rings is 1. The van der Waals surface area contributed by atoms with Crippen LogP contribution in [0.4, 0.5) is 10.5 Å². The fraction of sp³-hybridized carbons (Fsp3) is 0.533. The van der Waals surface area contributed by atoms with Crippen LogP contribution in [0.3, 0.4) is 0 Å². The van der Waals surface area contributed by atoms with Crippen LogP contribution in [-0.2, 0) is 0 Å². The molecule has 2 fully saturated rings. The number of hydrogen-bond acceptors (Lipinski definition) is 2. The third-order valence-electron chi connectivity index (χ3n) is 4.15.